The first-order valence-corrected chi connectivity index (χ1v) is 10.6. The predicted molar refractivity (Wildman–Crippen MR) is 113 cm³/mol. The summed E-state index contributed by atoms with van der Waals surface area (Å²) in [5.41, 5.74) is 4.16. The fourth-order valence-electron chi connectivity index (χ4n) is 4.61. The van der Waals surface area contributed by atoms with Crippen LogP contribution in [0.2, 0.25) is 0 Å². The molecule has 2 bridgehead atoms. The van der Waals surface area contributed by atoms with Crippen LogP contribution in [-0.4, -0.2) is 33.8 Å². The second-order valence-electron chi connectivity index (χ2n) is 7.84. The number of aliphatic hydroxyl groups excluding tert-OH is 1. The molecule has 3 aromatic rings. The predicted octanol–water partition coefficient (Wildman–Crippen LogP) is 5.02. The van der Waals surface area contributed by atoms with E-state index in [0.29, 0.717) is 12.5 Å². The van der Waals surface area contributed by atoms with Crippen LogP contribution in [-0.2, 0) is 6.54 Å². The Bertz CT molecular complexity index is 1060. The number of hydrogen-bond acceptors (Lipinski definition) is 2. The Balaban J connectivity index is 1.59. The third-order valence-electron chi connectivity index (χ3n) is 6.07. The van der Waals surface area contributed by atoms with Crippen LogP contribution >= 0.6 is 15.9 Å². The van der Waals surface area contributed by atoms with Crippen LogP contribution in [0.25, 0.3) is 17.0 Å². The number of halogens is 2. The van der Waals surface area contributed by atoms with Crippen molar-refractivity contribution in [1.29, 1.82) is 0 Å². The summed E-state index contributed by atoms with van der Waals surface area (Å²) in [7, 11) is 0. The van der Waals surface area contributed by atoms with Crippen LogP contribution in [0.15, 0.2) is 58.8 Å². The molecular formula is C23H22BrFN2O. The summed E-state index contributed by atoms with van der Waals surface area (Å²) < 4.78 is 16.8. The molecule has 3 aliphatic rings. The maximum atomic E-state index is 13.6. The number of benzene rings is 2. The molecule has 1 unspecified atom stereocenters. The molecule has 0 amide bonds. The molecule has 5 heteroatoms. The zero-order valence-electron chi connectivity index (χ0n) is 15.5. The largest absolute Gasteiger partial charge is 0.387 e. The van der Waals surface area contributed by atoms with Crippen LogP contribution < -0.4 is 0 Å². The lowest BCUT2D eigenvalue weighted by molar-refractivity contribution is 0.0215. The summed E-state index contributed by atoms with van der Waals surface area (Å²) >= 11 is 3.58. The van der Waals surface area contributed by atoms with E-state index in [1.54, 1.807) is 12.1 Å². The molecule has 0 spiro atoms. The number of nitrogens with zero attached hydrogens (tertiary/aromatic N) is 2. The van der Waals surface area contributed by atoms with E-state index >= 15 is 0 Å². The minimum absolute atomic E-state index is 0.215. The first kappa shape index (κ1) is 18.0. The molecule has 3 aliphatic heterocycles. The normalized spacial score (nSPS) is 23.1. The van der Waals surface area contributed by atoms with E-state index < -0.39 is 0 Å². The molecule has 4 heterocycles. The van der Waals surface area contributed by atoms with Gasteiger partial charge in [0, 0.05) is 52.5 Å². The third-order valence-corrected chi connectivity index (χ3v) is 6.57. The highest BCUT2D eigenvalue weighted by molar-refractivity contribution is 9.10. The summed E-state index contributed by atoms with van der Waals surface area (Å²) in [6.07, 6.45) is 6.03. The van der Waals surface area contributed by atoms with Gasteiger partial charge in [0.1, 0.15) is 5.82 Å². The van der Waals surface area contributed by atoms with Crippen molar-refractivity contribution in [2.75, 3.05) is 13.1 Å². The monoisotopic (exact) mass is 440 g/mol. The summed E-state index contributed by atoms with van der Waals surface area (Å²) in [5, 5.41) is 11.9. The second kappa shape index (κ2) is 7.05. The van der Waals surface area contributed by atoms with E-state index in [2.05, 4.69) is 49.8 Å². The molecule has 0 saturated carbocycles. The Morgan fingerprint density at radius 1 is 1.14 bits per heavy atom. The number of hydrogen-bond donors (Lipinski definition) is 1. The molecule has 6 rings (SSSR count). The Morgan fingerprint density at radius 3 is 2.71 bits per heavy atom. The SMILES string of the molecule is OC1/C(=C/c2cn(Cc3cccc(F)c3)c3ccc(Br)cc23)N2CCC1CC2. The van der Waals surface area contributed by atoms with Gasteiger partial charge in [0.25, 0.3) is 0 Å². The van der Waals surface area contributed by atoms with E-state index in [1.807, 2.05) is 12.1 Å². The van der Waals surface area contributed by atoms with E-state index in [1.165, 1.54) is 6.07 Å². The molecule has 2 aromatic carbocycles. The smallest absolute Gasteiger partial charge is 0.123 e. The molecule has 3 saturated heterocycles. The highest BCUT2D eigenvalue weighted by Gasteiger charge is 2.36. The van der Waals surface area contributed by atoms with Gasteiger partial charge >= 0.3 is 0 Å². The van der Waals surface area contributed by atoms with Gasteiger partial charge in [-0.3, -0.25) is 0 Å². The van der Waals surface area contributed by atoms with Gasteiger partial charge in [-0.2, -0.15) is 0 Å². The maximum absolute atomic E-state index is 13.6. The Morgan fingerprint density at radius 2 is 1.96 bits per heavy atom. The van der Waals surface area contributed by atoms with E-state index in [9.17, 15) is 9.50 Å². The molecule has 144 valence electrons. The van der Waals surface area contributed by atoms with E-state index in [0.717, 1.165) is 58.1 Å². The van der Waals surface area contributed by atoms with Crippen LogP contribution in [0.5, 0.6) is 0 Å². The average molecular weight is 441 g/mol. The number of aliphatic hydroxyl groups is 1. The Hall–Kier alpha value is -2.11. The minimum Gasteiger partial charge on any atom is -0.387 e. The summed E-state index contributed by atoms with van der Waals surface area (Å²) in [6, 6.07) is 13.0. The summed E-state index contributed by atoms with van der Waals surface area (Å²) in [4.78, 5) is 2.32. The number of piperidine rings is 3. The van der Waals surface area contributed by atoms with E-state index in [-0.39, 0.29) is 11.9 Å². The van der Waals surface area contributed by atoms with E-state index in [4.69, 9.17) is 0 Å². The van der Waals surface area contributed by atoms with Gasteiger partial charge in [0.2, 0.25) is 0 Å². The molecule has 1 atom stereocenters. The lowest BCUT2D eigenvalue weighted by Gasteiger charge is -2.45. The van der Waals surface area contributed by atoms with Crippen molar-refractivity contribution in [2.24, 2.45) is 5.92 Å². The molecule has 28 heavy (non-hydrogen) atoms. The topological polar surface area (TPSA) is 28.4 Å². The average Bonchev–Trinajstić information content (AvgIpc) is 3.01. The fraction of sp³-hybridized carbons (Fsp3) is 0.304. The Kier molecular flexibility index (Phi) is 4.52. The van der Waals surface area contributed by atoms with Gasteiger partial charge in [-0.1, -0.05) is 28.1 Å². The van der Waals surface area contributed by atoms with Gasteiger partial charge in [0.15, 0.2) is 0 Å². The summed E-state index contributed by atoms with van der Waals surface area (Å²) in [5.74, 6) is 0.164. The van der Waals surface area contributed by atoms with Crippen molar-refractivity contribution >= 4 is 32.9 Å². The van der Waals surface area contributed by atoms with Crippen LogP contribution in [0.4, 0.5) is 4.39 Å². The van der Waals surface area contributed by atoms with Crippen molar-refractivity contribution in [1.82, 2.24) is 9.47 Å². The second-order valence-corrected chi connectivity index (χ2v) is 8.76. The van der Waals surface area contributed by atoms with Crippen molar-refractivity contribution in [3.63, 3.8) is 0 Å². The van der Waals surface area contributed by atoms with Crippen LogP contribution in [0, 0.1) is 11.7 Å². The highest BCUT2D eigenvalue weighted by Crippen LogP contribution is 2.37. The standard InChI is InChI=1S/C23H22BrFN2O/c24-18-4-5-21-20(12-18)17(11-22-23(28)16-6-8-26(22)9-7-16)14-27(21)13-15-2-1-3-19(25)10-15/h1-5,10-12,14,16,23,28H,6-9,13H2/b22-11-. The molecule has 0 radical (unpaired) electrons. The third kappa shape index (κ3) is 3.16. The van der Waals surface area contributed by atoms with Gasteiger partial charge in [0.05, 0.1) is 6.10 Å². The zero-order chi connectivity index (χ0) is 19.3. The van der Waals surface area contributed by atoms with Crippen molar-refractivity contribution in [2.45, 2.75) is 25.5 Å². The first-order valence-electron chi connectivity index (χ1n) is 9.76. The molecule has 1 N–H and O–H groups in total. The zero-order valence-corrected chi connectivity index (χ0v) is 17.1. The number of rotatable bonds is 3. The number of aromatic nitrogens is 1. The van der Waals surface area contributed by atoms with Gasteiger partial charge in [-0.05, 0) is 60.7 Å². The number of fused-ring (bicyclic) bond motifs is 4. The van der Waals surface area contributed by atoms with Crippen molar-refractivity contribution < 1.29 is 9.50 Å². The van der Waals surface area contributed by atoms with Crippen LogP contribution in [0.3, 0.4) is 0 Å². The quantitative estimate of drug-likeness (QED) is 0.619. The molecule has 3 nitrogen and oxygen atoms in total. The highest BCUT2D eigenvalue weighted by atomic mass is 79.9. The van der Waals surface area contributed by atoms with Crippen LogP contribution in [0.1, 0.15) is 24.0 Å². The maximum Gasteiger partial charge on any atom is 0.123 e. The molecular weight excluding hydrogens is 419 g/mol. The summed E-state index contributed by atoms with van der Waals surface area (Å²) in [6.45, 7) is 2.66. The minimum atomic E-state index is -0.378. The molecule has 1 aromatic heterocycles. The first-order chi connectivity index (χ1) is 13.6. The van der Waals surface area contributed by atoms with Gasteiger partial charge in [-0.15, -0.1) is 0 Å². The van der Waals surface area contributed by atoms with Gasteiger partial charge < -0.3 is 14.6 Å². The Labute approximate surface area is 172 Å². The molecule has 0 aliphatic carbocycles. The van der Waals surface area contributed by atoms with Gasteiger partial charge in [-0.25, -0.2) is 4.39 Å². The fourth-order valence-corrected chi connectivity index (χ4v) is 4.97. The molecule has 3 fully saturated rings. The van der Waals surface area contributed by atoms with Crippen molar-refractivity contribution in [3.8, 4) is 0 Å². The lowest BCUT2D eigenvalue weighted by Crippen LogP contribution is -2.48. The lowest BCUT2D eigenvalue weighted by atomic mass is 9.83. The van der Waals surface area contributed by atoms with Crippen molar-refractivity contribution in [3.05, 3.63) is 75.8 Å².